The number of likely N-dealkylation sites (tertiary alicyclic amines) is 1. The second-order valence-electron chi connectivity index (χ2n) is 9.73. The van der Waals surface area contributed by atoms with Gasteiger partial charge >= 0.3 is 0 Å². The molecule has 3 rings (SSSR count). The Kier molecular flexibility index (Phi) is 9.75. The molecule has 0 saturated carbocycles. The molecule has 2 aromatic rings. The number of carbonyl (C=O) groups is 1. The average molecular weight is 489 g/mol. The molecule has 0 aliphatic carbocycles. The van der Waals surface area contributed by atoms with Crippen molar-refractivity contribution in [3.63, 3.8) is 0 Å². The molecule has 1 amide bonds. The van der Waals surface area contributed by atoms with E-state index in [4.69, 9.17) is 10.7 Å². The SMILES string of the molecule is CC(C)(C)Cc1cnc(Nc2cccc(C3CCN(C(=O)C(C)(C)N)CC3)n2)s1.Cl.Cl. The topological polar surface area (TPSA) is 84.1 Å². The Morgan fingerprint density at radius 3 is 2.42 bits per heavy atom. The van der Waals surface area contributed by atoms with Crippen molar-refractivity contribution in [2.45, 2.75) is 65.3 Å². The summed E-state index contributed by atoms with van der Waals surface area (Å²) in [4.78, 5) is 24.9. The van der Waals surface area contributed by atoms with E-state index in [-0.39, 0.29) is 36.1 Å². The number of nitrogens with one attached hydrogen (secondary N) is 1. The minimum Gasteiger partial charge on any atom is -0.341 e. The van der Waals surface area contributed by atoms with Crippen LogP contribution in [0, 0.1) is 5.41 Å². The number of anilines is 2. The van der Waals surface area contributed by atoms with E-state index >= 15 is 0 Å². The molecule has 1 saturated heterocycles. The quantitative estimate of drug-likeness (QED) is 0.608. The number of amides is 1. The first-order valence-electron chi connectivity index (χ1n) is 10.3. The highest BCUT2D eigenvalue weighted by Gasteiger charge is 2.31. The van der Waals surface area contributed by atoms with E-state index in [0.717, 1.165) is 49.0 Å². The fraction of sp³-hybridized carbons (Fsp3) is 0.591. The number of pyridine rings is 1. The summed E-state index contributed by atoms with van der Waals surface area (Å²) in [6.07, 6.45) is 4.78. The normalized spacial score (nSPS) is 15.1. The first kappa shape index (κ1) is 27.6. The molecule has 9 heteroatoms. The molecule has 174 valence electrons. The molecule has 6 nitrogen and oxygen atoms in total. The molecule has 3 heterocycles. The number of thiazole rings is 1. The van der Waals surface area contributed by atoms with Crippen molar-refractivity contribution in [2.24, 2.45) is 11.1 Å². The van der Waals surface area contributed by atoms with Crippen molar-refractivity contribution in [3.8, 4) is 0 Å². The van der Waals surface area contributed by atoms with Gasteiger partial charge in [-0.15, -0.1) is 36.2 Å². The Labute approximate surface area is 202 Å². The Morgan fingerprint density at radius 1 is 1.19 bits per heavy atom. The number of hydrogen-bond acceptors (Lipinski definition) is 6. The van der Waals surface area contributed by atoms with Crippen LogP contribution in [-0.4, -0.2) is 39.4 Å². The Morgan fingerprint density at radius 2 is 1.84 bits per heavy atom. The lowest BCUT2D eigenvalue weighted by molar-refractivity contribution is -0.136. The maximum absolute atomic E-state index is 12.4. The van der Waals surface area contributed by atoms with Crippen molar-refractivity contribution in [3.05, 3.63) is 35.0 Å². The highest BCUT2D eigenvalue weighted by molar-refractivity contribution is 7.15. The molecule has 3 N–H and O–H groups in total. The van der Waals surface area contributed by atoms with Gasteiger partial charge in [0.05, 0.1) is 5.54 Å². The highest BCUT2D eigenvalue weighted by Crippen LogP contribution is 2.30. The summed E-state index contributed by atoms with van der Waals surface area (Å²) in [7, 11) is 0. The molecule has 31 heavy (non-hydrogen) atoms. The number of nitrogens with two attached hydrogens (primary N) is 1. The smallest absolute Gasteiger partial charge is 0.242 e. The Balaban J connectivity index is 0.00000240. The Hall–Kier alpha value is -1.41. The number of piperidine rings is 1. The third-order valence-corrected chi connectivity index (χ3v) is 5.93. The van der Waals surface area contributed by atoms with Gasteiger partial charge in [-0.05, 0) is 50.7 Å². The predicted octanol–water partition coefficient (Wildman–Crippen LogP) is 5.16. The Bertz CT molecular complexity index is 852. The van der Waals surface area contributed by atoms with E-state index in [0.29, 0.717) is 5.92 Å². The van der Waals surface area contributed by atoms with E-state index in [9.17, 15) is 4.79 Å². The van der Waals surface area contributed by atoms with Gasteiger partial charge in [0, 0.05) is 35.8 Å². The largest absolute Gasteiger partial charge is 0.341 e. The van der Waals surface area contributed by atoms with E-state index < -0.39 is 5.54 Å². The van der Waals surface area contributed by atoms with Gasteiger partial charge in [0.15, 0.2) is 5.13 Å². The highest BCUT2D eigenvalue weighted by atomic mass is 35.5. The van der Waals surface area contributed by atoms with Crippen LogP contribution in [-0.2, 0) is 11.2 Å². The van der Waals surface area contributed by atoms with Crippen molar-refractivity contribution in [1.29, 1.82) is 0 Å². The van der Waals surface area contributed by atoms with Crippen molar-refractivity contribution in [2.75, 3.05) is 18.4 Å². The van der Waals surface area contributed by atoms with Crippen LogP contribution < -0.4 is 11.1 Å². The summed E-state index contributed by atoms with van der Waals surface area (Å²) in [6, 6.07) is 6.09. The van der Waals surface area contributed by atoms with Crippen LogP contribution >= 0.6 is 36.2 Å². The van der Waals surface area contributed by atoms with Gasteiger partial charge in [-0.2, -0.15) is 0 Å². The first-order valence-corrected chi connectivity index (χ1v) is 11.1. The number of hydrogen-bond donors (Lipinski definition) is 2. The van der Waals surface area contributed by atoms with Crippen LogP contribution in [0.15, 0.2) is 24.4 Å². The van der Waals surface area contributed by atoms with E-state index in [2.05, 4.69) is 37.1 Å². The predicted molar refractivity (Wildman–Crippen MR) is 134 cm³/mol. The van der Waals surface area contributed by atoms with Gasteiger partial charge in [-0.25, -0.2) is 9.97 Å². The van der Waals surface area contributed by atoms with Crippen molar-refractivity contribution in [1.82, 2.24) is 14.9 Å². The van der Waals surface area contributed by atoms with Crippen LogP contribution in [0.1, 0.15) is 63.9 Å². The lowest BCUT2D eigenvalue weighted by atomic mass is 9.92. The maximum atomic E-state index is 12.4. The number of carbonyl (C=O) groups excluding carboxylic acids is 1. The molecule has 1 fully saturated rings. The minimum absolute atomic E-state index is 0. The summed E-state index contributed by atoms with van der Waals surface area (Å²) in [5.41, 5.74) is 6.47. The van der Waals surface area contributed by atoms with Gasteiger partial charge < -0.3 is 16.0 Å². The third-order valence-electron chi connectivity index (χ3n) is 5.02. The maximum Gasteiger partial charge on any atom is 0.242 e. The summed E-state index contributed by atoms with van der Waals surface area (Å²) >= 11 is 1.68. The summed E-state index contributed by atoms with van der Waals surface area (Å²) in [5.74, 6) is 1.20. The van der Waals surface area contributed by atoms with E-state index in [1.807, 2.05) is 23.2 Å². The lowest BCUT2D eigenvalue weighted by Crippen LogP contribution is -2.53. The van der Waals surface area contributed by atoms with Crippen LogP contribution in [0.2, 0.25) is 0 Å². The molecule has 0 radical (unpaired) electrons. The average Bonchev–Trinajstić information content (AvgIpc) is 3.05. The molecule has 1 aliphatic heterocycles. The lowest BCUT2D eigenvalue weighted by Gasteiger charge is -2.35. The number of rotatable bonds is 5. The fourth-order valence-corrected chi connectivity index (χ4v) is 4.73. The number of aromatic nitrogens is 2. The minimum atomic E-state index is -0.811. The second kappa shape index (κ2) is 10.9. The fourth-order valence-electron chi connectivity index (χ4n) is 3.61. The molecular formula is C22H35Cl2N5OS. The van der Waals surface area contributed by atoms with Crippen molar-refractivity contribution >= 4 is 53.0 Å². The molecule has 0 atom stereocenters. The molecule has 1 aliphatic rings. The van der Waals surface area contributed by atoms with E-state index in [1.165, 1.54) is 4.88 Å². The molecule has 2 aromatic heterocycles. The standard InChI is InChI=1S/C22H33N5OS.2ClH/c1-21(2,3)13-16-14-24-20(29-16)26-18-8-6-7-17(25-18)15-9-11-27(12-10-15)19(28)22(4,5)23;;/h6-8,14-15H,9-13,23H2,1-5H3,(H,24,25,26);2*1H. The molecule has 0 bridgehead atoms. The molecule has 0 unspecified atom stereocenters. The zero-order chi connectivity index (χ0) is 21.2. The third kappa shape index (κ3) is 7.90. The van der Waals surface area contributed by atoms with Crippen LogP contribution in [0.4, 0.5) is 10.9 Å². The van der Waals surface area contributed by atoms with Gasteiger partial charge in [0.2, 0.25) is 5.91 Å². The first-order chi connectivity index (χ1) is 13.5. The monoisotopic (exact) mass is 487 g/mol. The van der Waals surface area contributed by atoms with Crippen LogP contribution in [0.3, 0.4) is 0 Å². The van der Waals surface area contributed by atoms with Gasteiger partial charge in [-0.3, -0.25) is 4.79 Å². The van der Waals surface area contributed by atoms with Gasteiger partial charge in [-0.1, -0.05) is 26.8 Å². The molecule has 0 aromatic carbocycles. The summed E-state index contributed by atoms with van der Waals surface area (Å²) < 4.78 is 0. The zero-order valence-corrected chi connectivity index (χ0v) is 21.4. The van der Waals surface area contributed by atoms with Crippen LogP contribution in [0.25, 0.3) is 0 Å². The van der Waals surface area contributed by atoms with Gasteiger partial charge in [0.25, 0.3) is 0 Å². The number of halogens is 2. The van der Waals surface area contributed by atoms with E-state index in [1.54, 1.807) is 25.2 Å². The van der Waals surface area contributed by atoms with Crippen LogP contribution in [0.5, 0.6) is 0 Å². The summed E-state index contributed by atoms with van der Waals surface area (Å²) in [6.45, 7) is 11.7. The number of nitrogens with zero attached hydrogens (tertiary/aromatic N) is 3. The van der Waals surface area contributed by atoms with Crippen molar-refractivity contribution < 1.29 is 4.79 Å². The zero-order valence-electron chi connectivity index (χ0n) is 19.0. The second-order valence-corrected chi connectivity index (χ2v) is 10.8. The molecular weight excluding hydrogens is 453 g/mol. The molecule has 0 spiro atoms. The summed E-state index contributed by atoms with van der Waals surface area (Å²) in [5, 5.41) is 4.23. The van der Waals surface area contributed by atoms with Gasteiger partial charge in [0.1, 0.15) is 5.82 Å².